The number of amides is 1. The summed E-state index contributed by atoms with van der Waals surface area (Å²) in [6.45, 7) is 10.4. The first-order valence-electron chi connectivity index (χ1n) is 12.8. The summed E-state index contributed by atoms with van der Waals surface area (Å²) in [5, 5.41) is 13.6. The summed E-state index contributed by atoms with van der Waals surface area (Å²) in [6.07, 6.45) is 6.45. The molecule has 1 aliphatic carbocycles. The Morgan fingerprint density at radius 1 is 1.13 bits per heavy atom. The summed E-state index contributed by atoms with van der Waals surface area (Å²) in [6, 6.07) is 0. The Kier molecular flexibility index (Phi) is 11.0. The number of carbonyl (C=O) groups excluding carboxylic acids is 4. The summed E-state index contributed by atoms with van der Waals surface area (Å²) < 4.78 is 11.2. The van der Waals surface area contributed by atoms with Crippen molar-refractivity contribution in [3.8, 4) is 0 Å². The van der Waals surface area contributed by atoms with Crippen LogP contribution in [0, 0.1) is 17.8 Å². The van der Waals surface area contributed by atoms with Gasteiger partial charge in [-0.1, -0.05) is 45.1 Å². The van der Waals surface area contributed by atoms with Gasteiger partial charge in [0.25, 0.3) is 5.91 Å². The molecule has 1 amide bonds. The second-order valence-corrected chi connectivity index (χ2v) is 10.3. The van der Waals surface area contributed by atoms with Crippen LogP contribution in [0.2, 0.25) is 0 Å². The van der Waals surface area contributed by atoms with Crippen LogP contribution < -0.4 is 11.1 Å². The van der Waals surface area contributed by atoms with Gasteiger partial charge in [-0.05, 0) is 38.2 Å². The monoisotopic (exact) mass is 528 g/mol. The number of nitrogens with two attached hydrogens (primary N) is 1. The highest BCUT2D eigenvalue weighted by atomic mass is 16.5. The van der Waals surface area contributed by atoms with Crippen molar-refractivity contribution >= 4 is 23.4 Å². The average Bonchev–Trinajstić information content (AvgIpc) is 2.85. The number of carbonyl (C=O) groups is 4. The lowest BCUT2D eigenvalue weighted by molar-refractivity contribution is -0.146. The van der Waals surface area contributed by atoms with E-state index in [0.717, 1.165) is 11.6 Å². The molecule has 0 aromatic rings. The van der Waals surface area contributed by atoms with Gasteiger partial charge in [0, 0.05) is 43.1 Å². The normalized spacial score (nSPS) is 33.9. The van der Waals surface area contributed by atoms with Gasteiger partial charge in [0.15, 0.2) is 0 Å². The lowest BCUT2D eigenvalue weighted by atomic mass is 9.85. The molecule has 1 heterocycles. The number of allylic oxidation sites excluding steroid dienone is 4. The lowest BCUT2D eigenvalue weighted by Crippen LogP contribution is -2.36. The third-order valence-electron chi connectivity index (χ3n) is 6.91. The van der Waals surface area contributed by atoms with Crippen molar-refractivity contribution in [1.29, 1.82) is 0 Å². The topological polar surface area (TPSA) is 145 Å². The maximum Gasteiger partial charge on any atom is 0.303 e. The van der Waals surface area contributed by atoms with Crippen LogP contribution in [-0.4, -0.2) is 54.0 Å². The highest BCUT2D eigenvalue weighted by Crippen LogP contribution is 2.28. The number of aliphatic hydroxyl groups excluding tert-OH is 1. The Hall–Kier alpha value is -3.30. The maximum atomic E-state index is 13.2. The second kappa shape index (κ2) is 13.5. The summed E-state index contributed by atoms with van der Waals surface area (Å²) in [5.41, 5.74) is 6.91. The smallest absolute Gasteiger partial charge is 0.303 e. The zero-order valence-electron chi connectivity index (χ0n) is 23.2. The fourth-order valence-electron chi connectivity index (χ4n) is 4.72. The fraction of sp³-hybridized carbons (Fsp3) is 0.517. The van der Waals surface area contributed by atoms with Crippen LogP contribution in [-0.2, 0) is 28.7 Å². The van der Waals surface area contributed by atoms with Gasteiger partial charge in [0.05, 0.1) is 23.6 Å². The fourth-order valence-corrected chi connectivity index (χ4v) is 4.72. The number of fused-ring (bicyclic) bond motifs is 2. The number of aliphatic hydroxyl groups is 1. The van der Waals surface area contributed by atoms with Gasteiger partial charge < -0.3 is 25.6 Å². The van der Waals surface area contributed by atoms with Crippen LogP contribution in [0.15, 0.2) is 58.5 Å². The third-order valence-corrected chi connectivity index (χ3v) is 6.91. The number of hydrogen-bond donors (Lipinski definition) is 3. The number of methoxy groups -OCH3 is 1. The number of hydrogen-bond acceptors (Lipinski definition) is 8. The Morgan fingerprint density at radius 3 is 2.39 bits per heavy atom. The van der Waals surface area contributed by atoms with E-state index in [-0.39, 0.29) is 41.1 Å². The number of esters is 1. The molecule has 0 radical (unpaired) electrons. The summed E-state index contributed by atoms with van der Waals surface area (Å²) >= 11 is 0. The zero-order valence-corrected chi connectivity index (χ0v) is 23.2. The molecule has 0 aromatic carbocycles. The molecular weight excluding hydrogens is 488 g/mol. The van der Waals surface area contributed by atoms with Crippen molar-refractivity contribution < 1.29 is 33.8 Å². The van der Waals surface area contributed by atoms with E-state index in [2.05, 4.69) is 5.32 Å². The highest BCUT2D eigenvalue weighted by Gasteiger charge is 2.32. The Morgan fingerprint density at radius 2 is 1.79 bits per heavy atom. The van der Waals surface area contributed by atoms with E-state index in [1.165, 1.54) is 14.0 Å². The van der Waals surface area contributed by atoms with Crippen molar-refractivity contribution in [3.05, 3.63) is 58.5 Å². The molecule has 9 heteroatoms. The van der Waals surface area contributed by atoms with E-state index >= 15 is 0 Å². The van der Waals surface area contributed by atoms with Crippen LogP contribution in [0.1, 0.15) is 54.4 Å². The van der Waals surface area contributed by atoms with Crippen LogP contribution in [0.5, 0.6) is 0 Å². The predicted octanol–water partition coefficient (Wildman–Crippen LogP) is 2.81. The molecule has 208 valence electrons. The van der Waals surface area contributed by atoms with Gasteiger partial charge in [0.1, 0.15) is 6.10 Å². The Balaban J connectivity index is 2.54. The minimum atomic E-state index is -0.890. The van der Waals surface area contributed by atoms with Gasteiger partial charge in [-0.2, -0.15) is 0 Å². The molecule has 0 fully saturated rings. The van der Waals surface area contributed by atoms with Crippen molar-refractivity contribution in [1.82, 2.24) is 5.32 Å². The second-order valence-electron chi connectivity index (χ2n) is 10.3. The number of ketones is 2. The molecule has 2 bridgehead atoms. The predicted molar refractivity (Wildman–Crippen MR) is 143 cm³/mol. The molecule has 0 aromatic heterocycles. The molecule has 0 saturated heterocycles. The van der Waals surface area contributed by atoms with Crippen LogP contribution in [0.3, 0.4) is 0 Å². The van der Waals surface area contributed by atoms with Gasteiger partial charge in [-0.3, -0.25) is 19.2 Å². The first-order valence-corrected chi connectivity index (χ1v) is 12.8. The van der Waals surface area contributed by atoms with Crippen LogP contribution in [0.25, 0.3) is 0 Å². The molecule has 0 spiro atoms. The first kappa shape index (κ1) is 30.9. The summed E-state index contributed by atoms with van der Waals surface area (Å²) in [4.78, 5) is 50.2. The molecule has 2 rings (SSSR count). The summed E-state index contributed by atoms with van der Waals surface area (Å²) in [5.74, 6) is -2.80. The molecule has 6 atom stereocenters. The number of ether oxygens (including phenoxy) is 2. The van der Waals surface area contributed by atoms with E-state index in [1.54, 1.807) is 25.2 Å². The molecule has 0 unspecified atom stereocenters. The third kappa shape index (κ3) is 7.85. The van der Waals surface area contributed by atoms with Crippen molar-refractivity contribution in [2.45, 2.75) is 72.7 Å². The lowest BCUT2D eigenvalue weighted by Gasteiger charge is -2.29. The van der Waals surface area contributed by atoms with E-state index < -0.39 is 41.8 Å². The van der Waals surface area contributed by atoms with Crippen LogP contribution >= 0.6 is 0 Å². The van der Waals surface area contributed by atoms with Crippen molar-refractivity contribution in [3.63, 3.8) is 0 Å². The van der Waals surface area contributed by atoms with Gasteiger partial charge in [0.2, 0.25) is 11.6 Å². The van der Waals surface area contributed by atoms with E-state index in [0.29, 0.717) is 12.0 Å². The maximum absolute atomic E-state index is 13.2. The largest absolute Gasteiger partial charge is 0.457 e. The molecule has 9 nitrogen and oxygen atoms in total. The SMILES string of the molecule is CO[C@H]1C[C@H](C)CC2=C(N)C(=O)C=C(NC(=O)/C(C)=C/C=C\[C@H](C)[C@@H](OC(C)=O)/C(C)=C/[C@H](C)[C@H]1O)C2=O. The van der Waals surface area contributed by atoms with Crippen molar-refractivity contribution in [2.75, 3.05) is 7.11 Å². The minimum absolute atomic E-state index is 0.130. The average molecular weight is 529 g/mol. The van der Waals surface area contributed by atoms with Gasteiger partial charge >= 0.3 is 5.97 Å². The zero-order chi connectivity index (χ0) is 28.7. The summed E-state index contributed by atoms with van der Waals surface area (Å²) in [7, 11) is 1.50. The number of Topliss-reactive ketones (excluding diaryl/α,β-unsaturated/α-hetero) is 1. The van der Waals surface area contributed by atoms with E-state index in [4.69, 9.17) is 15.2 Å². The first-order chi connectivity index (χ1) is 17.8. The molecule has 1 aliphatic heterocycles. The molecule has 0 saturated carbocycles. The minimum Gasteiger partial charge on any atom is -0.457 e. The van der Waals surface area contributed by atoms with Gasteiger partial charge in [-0.15, -0.1) is 0 Å². The van der Waals surface area contributed by atoms with Crippen molar-refractivity contribution in [2.24, 2.45) is 23.5 Å². The molecule has 4 N–H and O–H groups in total. The Labute approximate surface area is 224 Å². The molecule has 2 aliphatic rings. The number of nitrogens with one attached hydrogen (secondary N) is 1. The van der Waals surface area contributed by atoms with E-state index in [1.807, 2.05) is 33.8 Å². The molecule has 38 heavy (non-hydrogen) atoms. The standard InChI is InChI=1S/C29H40N2O7/c1-15-11-21-25(30)23(33)14-22(27(21)35)31-29(36)17(3)10-8-9-16(2)28(38-20(6)32)19(5)13-18(4)26(34)24(12-15)37-7/h8-10,13-16,18,24,26,28,34H,11-12,30H2,1-7H3,(H,31,36)/b9-8-,17-10+,19-13+/t15-,16+,18+,24+,26-,28-/m1/s1. The van der Waals surface area contributed by atoms with Crippen LogP contribution in [0.4, 0.5) is 0 Å². The molecular formula is C29H40N2O7. The van der Waals surface area contributed by atoms with E-state index in [9.17, 15) is 24.3 Å². The number of rotatable bonds is 2. The Bertz CT molecular complexity index is 1110. The van der Waals surface area contributed by atoms with Gasteiger partial charge in [-0.25, -0.2) is 0 Å². The highest BCUT2D eigenvalue weighted by molar-refractivity contribution is 6.23. The quantitative estimate of drug-likeness (QED) is 0.282.